The van der Waals surface area contributed by atoms with Crippen LogP contribution in [0.5, 0.6) is 0 Å². The number of alkyl halides is 1. The number of rotatable bonds is 2. The number of hydrogen-bond acceptors (Lipinski definition) is 3. The Kier molecular flexibility index (Phi) is 4.47. The molecule has 25 heavy (non-hydrogen) atoms. The summed E-state index contributed by atoms with van der Waals surface area (Å²) in [6.07, 6.45) is 7.60. The van der Waals surface area contributed by atoms with Crippen LogP contribution in [0, 0.1) is 40.9 Å². The van der Waals surface area contributed by atoms with Crippen molar-refractivity contribution in [3.05, 3.63) is 0 Å². The number of halogens is 1. The molecule has 8 atom stereocenters. The van der Waals surface area contributed by atoms with Gasteiger partial charge in [0.05, 0.1) is 10.9 Å². The standard InChI is InChI=1S/C21H31BrO3/c1-20(25)7-5-13-12-6-8-21(2)16(3-4-17(21)19(24)11-22)14(12)9-18(23)15(13)10-20/h12-17,25H,3-11H2,1-2H3/t12-,13-,14?,15-,16+,17-,20-,21+/m1/s1. The highest BCUT2D eigenvalue weighted by atomic mass is 79.9. The minimum Gasteiger partial charge on any atom is -0.390 e. The molecule has 0 bridgehead atoms. The molecule has 0 aromatic heterocycles. The van der Waals surface area contributed by atoms with Gasteiger partial charge in [-0.05, 0) is 81.0 Å². The number of aliphatic hydroxyl groups is 1. The summed E-state index contributed by atoms with van der Waals surface area (Å²) in [7, 11) is 0. The lowest BCUT2D eigenvalue weighted by Gasteiger charge is -2.56. The van der Waals surface area contributed by atoms with E-state index in [1.54, 1.807) is 0 Å². The van der Waals surface area contributed by atoms with Crippen LogP contribution in [0.15, 0.2) is 0 Å². The molecule has 3 nitrogen and oxygen atoms in total. The lowest BCUT2D eigenvalue weighted by Crippen LogP contribution is -2.53. The van der Waals surface area contributed by atoms with Crippen molar-refractivity contribution in [3.8, 4) is 0 Å². The molecule has 0 radical (unpaired) electrons. The smallest absolute Gasteiger partial charge is 0.147 e. The zero-order valence-corrected chi connectivity index (χ0v) is 17.1. The summed E-state index contributed by atoms with van der Waals surface area (Å²) >= 11 is 3.37. The zero-order chi connectivity index (χ0) is 18.0. The Bertz CT molecular complexity index is 586. The van der Waals surface area contributed by atoms with E-state index in [0.717, 1.165) is 32.1 Å². The minimum absolute atomic E-state index is 0.0794. The topological polar surface area (TPSA) is 54.4 Å². The second kappa shape index (κ2) is 6.15. The van der Waals surface area contributed by atoms with Gasteiger partial charge in [0.2, 0.25) is 0 Å². The summed E-state index contributed by atoms with van der Waals surface area (Å²) < 4.78 is 0. The van der Waals surface area contributed by atoms with E-state index >= 15 is 0 Å². The number of hydrogen-bond donors (Lipinski definition) is 1. The lowest BCUT2D eigenvalue weighted by molar-refractivity contribution is -0.149. The van der Waals surface area contributed by atoms with Gasteiger partial charge < -0.3 is 5.11 Å². The number of ketones is 2. The number of carbonyl (C=O) groups is 2. The molecule has 0 aliphatic heterocycles. The van der Waals surface area contributed by atoms with E-state index in [0.29, 0.717) is 53.4 Å². The second-order valence-corrected chi connectivity index (χ2v) is 10.4. The molecule has 4 aliphatic rings. The van der Waals surface area contributed by atoms with E-state index in [2.05, 4.69) is 22.9 Å². The fourth-order valence-electron chi connectivity index (χ4n) is 7.42. The van der Waals surface area contributed by atoms with Gasteiger partial charge >= 0.3 is 0 Å². The molecule has 0 amide bonds. The molecule has 0 saturated heterocycles. The molecule has 140 valence electrons. The van der Waals surface area contributed by atoms with Crippen LogP contribution in [0.4, 0.5) is 0 Å². The molecular formula is C21H31BrO3. The van der Waals surface area contributed by atoms with Crippen molar-refractivity contribution in [3.63, 3.8) is 0 Å². The minimum atomic E-state index is -0.659. The Morgan fingerprint density at radius 2 is 1.84 bits per heavy atom. The van der Waals surface area contributed by atoms with Crippen LogP contribution in [-0.4, -0.2) is 27.6 Å². The highest BCUT2D eigenvalue weighted by Gasteiger charge is 2.60. The van der Waals surface area contributed by atoms with Gasteiger partial charge in [-0.25, -0.2) is 0 Å². The average Bonchev–Trinajstić information content (AvgIpc) is 2.91. The molecule has 4 rings (SSSR count). The van der Waals surface area contributed by atoms with E-state index in [4.69, 9.17) is 0 Å². The van der Waals surface area contributed by atoms with E-state index in [9.17, 15) is 14.7 Å². The molecule has 4 heteroatoms. The molecule has 1 unspecified atom stereocenters. The van der Waals surface area contributed by atoms with Gasteiger partial charge in [0.1, 0.15) is 11.6 Å². The molecule has 0 aromatic rings. The van der Waals surface area contributed by atoms with Crippen LogP contribution in [0.25, 0.3) is 0 Å². The number of Topliss-reactive ketones (excluding diaryl/α,β-unsaturated/α-hetero) is 2. The Morgan fingerprint density at radius 3 is 2.56 bits per heavy atom. The average molecular weight is 411 g/mol. The third-order valence-electron chi connectivity index (χ3n) is 8.61. The predicted octanol–water partition coefficient (Wildman–Crippen LogP) is 4.15. The fourth-order valence-corrected chi connectivity index (χ4v) is 7.81. The van der Waals surface area contributed by atoms with Crippen molar-refractivity contribution in [2.24, 2.45) is 40.9 Å². The summed E-state index contributed by atoms with van der Waals surface area (Å²) in [5, 5.41) is 10.9. The normalized spacial score (nSPS) is 52.2. The van der Waals surface area contributed by atoms with E-state index < -0.39 is 5.60 Å². The quantitative estimate of drug-likeness (QED) is 0.695. The molecule has 0 aromatic carbocycles. The lowest BCUT2D eigenvalue weighted by atomic mass is 9.48. The zero-order valence-electron chi connectivity index (χ0n) is 15.5. The van der Waals surface area contributed by atoms with E-state index in [-0.39, 0.29) is 17.3 Å². The van der Waals surface area contributed by atoms with Crippen molar-refractivity contribution < 1.29 is 14.7 Å². The number of carbonyl (C=O) groups excluding carboxylic acids is 2. The van der Waals surface area contributed by atoms with Gasteiger partial charge in [0, 0.05) is 18.3 Å². The van der Waals surface area contributed by atoms with E-state index in [1.165, 1.54) is 6.42 Å². The van der Waals surface area contributed by atoms with E-state index in [1.807, 2.05) is 6.92 Å². The van der Waals surface area contributed by atoms with Crippen LogP contribution >= 0.6 is 15.9 Å². The fraction of sp³-hybridized carbons (Fsp3) is 0.905. The summed E-state index contributed by atoms with van der Waals surface area (Å²) in [6.45, 7) is 4.22. The molecule has 4 saturated carbocycles. The monoisotopic (exact) mass is 410 g/mol. The van der Waals surface area contributed by atoms with Crippen molar-refractivity contribution >= 4 is 27.5 Å². The first-order chi connectivity index (χ1) is 11.8. The first kappa shape index (κ1) is 18.2. The summed E-state index contributed by atoms with van der Waals surface area (Å²) in [4.78, 5) is 25.4. The Hall–Kier alpha value is -0.220. The van der Waals surface area contributed by atoms with Crippen LogP contribution in [0.2, 0.25) is 0 Å². The van der Waals surface area contributed by atoms with Crippen molar-refractivity contribution in [2.45, 2.75) is 70.8 Å². The van der Waals surface area contributed by atoms with Crippen LogP contribution in [0.3, 0.4) is 0 Å². The van der Waals surface area contributed by atoms with Crippen molar-refractivity contribution in [1.82, 2.24) is 0 Å². The van der Waals surface area contributed by atoms with Gasteiger partial charge in [-0.3, -0.25) is 9.59 Å². The summed E-state index contributed by atoms with van der Waals surface area (Å²) in [5.74, 6) is 3.13. The maximum absolute atomic E-state index is 13.0. The van der Waals surface area contributed by atoms with Crippen LogP contribution < -0.4 is 0 Å². The highest BCUT2D eigenvalue weighted by molar-refractivity contribution is 9.09. The van der Waals surface area contributed by atoms with Crippen LogP contribution in [0.1, 0.15) is 65.2 Å². The molecule has 4 fully saturated rings. The van der Waals surface area contributed by atoms with Gasteiger partial charge in [0.25, 0.3) is 0 Å². The molecular weight excluding hydrogens is 380 g/mol. The van der Waals surface area contributed by atoms with Crippen molar-refractivity contribution in [2.75, 3.05) is 5.33 Å². The molecule has 1 N–H and O–H groups in total. The van der Waals surface area contributed by atoms with Crippen LogP contribution in [-0.2, 0) is 9.59 Å². The predicted molar refractivity (Wildman–Crippen MR) is 100 cm³/mol. The molecule has 0 heterocycles. The highest BCUT2D eigenvalue weighted by Crippen LogP contribution is 2.64. The third-order valence-corrected chi connectivity index (χ3v) is 9.16. The SMILES string of the molecule is C[C@@]1(O)CC[C@H]2[C@@H](C1)C(=O)CC1[C@@H]2CC[C@]2(C)[C@@H](C(=O)CBr)CC[C@@H]12. The van der Waals surface area contributed by atoms with Gasteiger partial charge in [-0.1, -0.05) is 22.9 Å². The van der Waals surface area contributed by atoms with Gasteiger partial charge in [-0.2, -0.15) is 0 Å². The first-order valence-electron chi connectivity index (χ1n) is 10.1. The summed E-state index contributed by atoms with van der Waals surface area (Å²) in [5.41, 5.74) is -0.563. The Balaban J connectivity index is 1.59. The second-order valence-electron chi connectivity index (χ2n) is 9.89. The maximum atomic E-state index is 13.0. The molecule has 0 spiro atoms. The Morgan fingerprint density at radius 1 is 1.12 bits per heavy atom. The first-order valence-corrected chi connectivity index (χ1v) is 11.2. The largest absolute Gasteiger partial charge is 0.390 e. The Labute approximate surface area is 159 Å². The molecule has 4 aliphatic carbocycles. The van der Waals surface area contributed by atoms with Gasteiger partial charge in [0.15, 0.2) is 0 Å². The third kappa shape index (κ3) is 2.77. The number of fused-ring (bicyclic) bond motifs is 5. The summed E-state index contributed by atoms with van der Waals surface area (Å²) in [6, 6.07) is 0. The maximum Gasteiger partial charge on any atom is 0.147 e. The van der Waals surface area contributed by atoms with Crippen molar-refractivity contribution in [1.29, 1.82) is 0 Å². The van der Waals surface area contributed by atoms with Gasteiger partial charge in [-0.15, -0.1) is 0 Å².